The van der Waals surface area contributed by atoms with Gasteiger partial charge in [-0.2, -0.15) is 5.11 Å². The Morgan fingerprint density at radius 3 is 2.06 bits per heavy atom. The average Bonchev–Trinajstić information content (AvgIpc) is 3.22. The Bertz CT molecular complexity index is 1460. The number of hydrogen-bond donors (Lipinski definition) is 1. The maximum absolute atomic E-state index is 6.27. The highest BCUT2D eigenvalue weighted by molar-refractivity contribution is 5.81. The summed E-state index contributed by atoms with van der Waals surface area (Å²) in [7, 11) is 3.26. The lowest BCUT2D eigenvalue weighted by molar-refractivity contribution is 0.414. The van der Waals surface area contributed by atoms with Crippen molar-refractivity contribution in [3.05, 3.63) is 84.9 Å². The third kappa shape index (κ3) is 4.04. The van der Waals surface area contributed by atoms with Crippen LogP contribution in [0.5, 0.6) is 11.5 Å². The first kappa shape index (κ1) is 21.1. The molecular weight excluding hydrogens is 428 g/mol. The van der Waals surface area contributed by atoms with E-state index in [0.717, 1.165) is 34.0 Å². The number of hydrogen-bond acceptors (Lipinski definition) is 7. The van der Waals surface area contributed by atoms with Crippen LogP contribution in [-0.2, 0) is 0 Å². The van der Waals surface area contributed by atoms with Gasteiger partial charge in [0.25, 0.3) is 0 Å². The first-order valence-corrected chi connectivity index (χ1v) is 10.6. The summed E-state index contributed by atoms with van der Waals surface area (Å²) in [6.07, 6.45) is 0. The number of fused-ring (bicyclic) bond motifs is 1. The molecule has 2 aromatic heterocycles. The molecule has 0 saturated carbocycles. The van der Waals surface area contributed by atoms with Crippen molar-refractivity contribution in [1.29, 1.82) is 0 Å². The van der Waals surface area contributed by atoms with E-state index in [1.807, 2.05) is 84.9 Å². The summed E-state index contributed by atoms with van der Waals surface area (Å²) in [4.78, 5) is 4.85. The minimum Gasteiger partial charge on any atom is -0.497 e. The molecule has 2 N–H and O–H groups in total. The lowest BCUT2D eigenvalue weighted by atomic mass is 10.1. The Morgan fingerprint density at radius 1 is 0.765 bits per heavy atom. The van der Waals surface area contributed by atoms with E-state index in [4.69, 9.17) is 20.2 Å². The van der Waals surface area contributed by atoms with Crippen molar-refractivity contribution in [3.63, 3.8) is 0 Å². The maximum Gasteiger partial charge on any atom is 0.186 e. The fraction of sp³-hybridized carbons (Fsp3) is 0.0769. The molecule has 3 aromatic carbocycles. The summed E-state index contributed by atoms with van der Waals surface area (Å²) in [6.45, 7) is 0. The van der Waals surface area contributed by atoms with Crippen LogP contribution in [-0.4, -0.2) is 28.8 Å². The number of nitrogens with two attached hydrogens (primary N) is 1. The number of nitrogens with zero attached hydrogens (tertiary/aromatic N) is 5. The molecule has 0 atom stereocenters. The van der Waals surface area contributed by atoms with Gasteiger partial charge < -0.3 is 15.2 Å². The zero-order valence-electron chi connectivity index (χ0n) is 18.7. The number of methoxy groups -OCH3 is 2. The van der Waals surface area contributed by atoms with Gasteiger partial charge >= 0.3 is 0 Å². The predicted molar refractivity (Wildman–Crippen MR) is 132 cm³/mol. The van der Waals surface area contributed by atoms with E-state index in [2.05, 4.69) is 15.3 Å². The minimum absolute atomic E-state index is 0.244. The van der Waals surface area contributed by atoms with E-state index in [0.29, 0.717) is 17.0 Å². The second-order valence-corrected chi connectivity index (χ2v) is 7.49. The molecule has 2 heterocycles. The molecule has 168 valence electrons. The molecule has 0 radical (unpaired) electrons. The van der Waals surface area contributed by atoms with Gasteiger partial charge in [0, 0.05) is 11.1 Å². The fourth-order valence-electron chi connectivity index (χ4n) is 3.60. The summed E-state index contributed by atoms with van der Waals surface area (Å²) in [5.74, 6) is 1.76. The third-order valence-electron chi connectivity index (χ3n) is 5.38. The molecule has 0 bridgehead atoms. The molecular formula is C26H22N6O2. The van der Waals surface area contributed by atoms with Gasteiger partial charge in [0.15, 0.2) is 17.2 Å². The Labute approximate surface area is 196 Å². The number of rotatable bonds is 6. The van der Waals surface area contributed by atoms with Gasteiger partial charge in [0.2, 0.25) is 0 Å². The Kier molecular flexibility index (Phi) is 5.61. The largest absolute Gasteiger partial charge is 0.497 e. The van der Waals surface area contributed by atoms with E-state index in [1.165, 1.54) is 0 Å². The summed E-state index contributed by atoms with van der Waals surface area (Å²) in [5, 5.41) is 13.3. The van der Waals surface area contributed by atoms with E-state index >= 15 is 0 Å². The SMILES string of the molecule is COc1ccc(N=Nc2c(N)nn3c(-c4ccccc4)cc(-c4ccc(OC)cc4)nc23)cc1. The monoisotopic (exact) mass is 450 g/mol. The van der Waals surface area contributed by atoms with Crippen LogP contribution in [0.4, 0.5) is 17.2 Å². The molecule has 0 unspecified atom stereocenters. The molecule has 5 rings (SSSR count). The van der Waals surface area contributed by atoms with Crippen molar-refractivity contribution in [2.45, 2.75) is 0 Å². The molecule has 0 aliphatic heterocycles. The van der Waals surface area contributed by atoms with Crippen LogP contribution in [0.25, 0.3) is 28.2 Å². The van der Waals surface area contributed by atoms with Gasteiger partial charge in [-0.3, -0.25) is 0 Å². The van der Waals surface area contributed by atoms with Gasteiger partial charge in [-0.15, -0.1) is 10.2 Å². The smallest absolute Gasteiger partial charge is 0.186 e. The molecule has 0 spiro atoms. The van der Waals surface area contributed by atoms with E-state index in [9.17, 15) is 0 Å². The quantitative estimate of drug-likeness (QED) is 0.316. The van der Waals surface area contributed by atoms with Crippen LogP contribution in [0.1, 0.15) is 0 Å². The first-order valence-electron chi connectivity index (χ1n) is 10.6. The van der Waals surface area contributed by atoms with Crippen molar-refractivity contribution >= 4 is 22.8 Å². The first-order chi connectivity index (χ1) is 16.7. The number of azo groups is 1. The second kappa shape index (κ2) is 9.03. The van der Waals surface area contributed by atoms with Gasteiger partial charge in [0.05, 0.1) is 31.3 Å². The van der Waals surface area contributed by atoms with Crippen LogP contribution in [0.15, 0.2) is 95.2 Å². The second-order valence-electron chi connectivity index (χ2n) is 7.49. The van der Waals surface area contributed by atoms with Crippen LogP contribution < -0.4 is 15.2 Å². The molecule has 0 amide bonds. The summed E-state index contributed by atoms with van der Waals surface area (Å²) in [5.41, 5.74) is 11.4. The topological polar surface area (TPSA) is 99.4 Å². The molecule has 0 fully saturated rings. The zero-order chi connectivity index (χ0) is 23.5. The molecule has 0 saturated heterocycles. The van der Waals surface area contributed by atoms with Gasteiger partial charge in [-0.25, -0.2) is 9.50 Å². The molecule has 8 nitrogen and oxygen atoms in total. The average molecular weight is 451 g/mol. The van der Waals surface area contributed by atoms with E-state index in [-0.39, 0.29) is 5.82 Å². The highest BCUT2D eigenvalue weighted by Gasteiger charge is 2.18. The number of anilines is 1. The standard InChI is InChI=1S/C26H22N6O2/c1-33-20-12-8-17(9-13-20)22-16-23(18-6-4-3-5-7-18)32-26(28-22)24(25(27)31-32)30-29-19-10-14-21(34-2)15-11-19/h3-16H,1-2H3,(H2,27,31). The Balaban J connectivity index is 1.67. The minimum atomic E-state index is 0.244. The number of benzene rings is 3. The lowest BCUT2D eigenvalue weighted by Gasteiger charge is -2.09. The van der Waals surface area contributed by atoms with Crippen molar-refractivity contribution in [2.75, 3.05) is 20.0 Å². The fourth-order valence-corrected chi connectivity index (χ4v) is 3.60. The number of nitrogen functional groups attached to an aromatic ring is 1. The van der Waals surface area contributed by atoms with Crippen molar-refractivity contribution in [1.82, 2.24) is 14.6 Å². The molecule has 8 heteroatoms. The number of ether oxygens (including phenoxy) is 2. The lowest BCUT2D eigenvalue weighted by Crippen LogP contribution is -1.98. The summed E-state index contributed by atoms with van der Waals surface area (Å²) >= 11 is 0. The van der Waals surface area contributed by atoms with Gasteiger partial charge in [-0.1, -0.05) is 30.3 Å². The van der Waals surface area contributed by atoms with E-state index < -0.39 is 0 Å². The molecule has 34 heavy (non-hydrogen) atoms. The van der Waals surface area contributed by atoms with Gasteiger partial charge in [0.1, 0.15) is 11.5 Å². The zero-order valence-corrected chi connectivity index (χ0v) is 18.7. The Hall–Kier alpha value is -4.72. The molecule has 5 aromatic rings. The number of aromatic nitrogens is 3. The normalized spacial score (nSPS) is 11.2. The summed E-state index contributed by atoms with van der Waals surface area (Å²) < 4.78 is 12.2. The maximum atomic E-state index is 6.27. The van der Waals surface area contributed by atoms with Gasteiger partial charge in [-0.05, 0) is 54.6 Å². The third-order valence-corrected chi connectivity index (χ3v) is 5.38. The molecule has 0 aliphatic rings. The van der Waals surface area contributed by atoms with Crippen molar-refractivity contribution < 1.29 is 9.47 Å². The van der Waals surface area contributed by atoms with Crippen LogP contribution in [0.3, 0.4) is 0 Å². The van der Waals surface area contributed by atoms with Crippen molar-refractivity contribution in [3.8, 4) is 34.0 Å². The van der Waals surface area contributed by atoms with E-state index in [1.54, 1.807) is 18.7 Å². The van der Waals surface area contributed by atoms with Crippen molar-refractivity contribution in [2.24, 2.45) is 10.2 Å². The van der Waals surface area contributed by atoms with Crippen LogP contribution in [0, 0.1) is 0 Å². The predicted octanol–water partition coefficient (Wildman–Crippen LogP) is 6.08. The van der Waals surface area contributed by atoms with Crippen LogP contribution >= 0.6 is 0 Å². The Morgan fingerprint density at radius 2 is 1.41 bits per heavy atom. The highest BCUT2D eigenvalue weighted by atomic mass is 16.5. The highest BCUT2D eigenvalue weighted by Crippen LogP contribution is 2.34. The molecule has 0 aliphatic carbocycles. The summed E-state index contributed by atoms with van der Waals surface area (Å²) in [6, 6.07) is 26.9. The van der Waals surface area contributed by atoms with Crippen LogP contribution in [0.2, 0.25) is 0 Å².